The maximum atomic E-state index is 8.92. The van der Waals surface area contributed by atoms with Crippen LogP contribution in [0.1, 0.15) is 6.85 Å². The van der Waals surface area contributed by atoms with Gasteiger partial charge in [0.05, 0.1) is 17.9 Å². The molecule has 3 aromatic heterocycles. The molecule has 0 spiro atoms. The van der Waals surface area contributed by atoms with E-state index in [0.717, 1.165) is 75.5 Å². The van der Waals surface area contributed by atoms with E-state index in [1.165, 1.54) is 11.3 Å². The zero-order valence-corrected chi connectivity index (χ0v) is 30.6. The highest BCUT2D eigenvalue weighted by atomic mass is 32.1. The molecule has 0 amide bonds. The van der Waals surface area contributed by atoms with Crippen LogP contribution >= 0.6 is 11.3 Å². The molecule has 11 aromatic rings. The van der Waals surface area contributed by atoms with Crippen molar-refractivity contribution in [3.63, 3.8) is 0 Å². The first-order valence-corrected chi connectivity index (χ1v) is 19.2. The summed E-state index contributed by atoms with van der Waals surface area (Å²) in [5.41, 5.74) is 8.36. The first-order valence-electron chi connectivity index (χ1n) is 20.9. The molecule has 0 N–H and O–H groups in total. The van der Waals surface area contributed by atoms with E-state index in [1.807, 2.05) is 78.9 Å². The van der Waals surface area contributed by atoms with Gasteiger partial charge in [-0.05, 0) is 59.2 Å². The van der Waals surface area contributed by atoms with Gasteiger partial charge in [-0.15, -0.1) is 11.3 Å². The summed E-state index contributed by atoms with van der Waals surface area (Å²) in [4.78, 5) is 15.3. The number of benzene rings is 8. The number of fused-ring (bicyclic) bond motifs is 6. The topological polar surface area (TPSA) is 43.6 Å². The van der Waals surface area contributed by atoms with Gasteiger partial charge in [-0.1, -0.05) is 152 Å². The van der Waals surface area contributed by atoms with Gasteiger partial charge in [-0.25, -0.2) is 15.0 Å². The molecular weight excluding hydrogens is 701 g/mol. The minimum atomic E-state index is -0.416. The highest BCUT2D eigenvalue weighted by Gasteiger charge is 2.19. The van der Waals surface area contributed by atoms with Crippen molar-refractivity contribution in [3.8, 4) is 62.1 Å². The van der Waals surface area contributed by atoms with Crippen LogP contribution < -0.4 is 0 Å². The van der Waals surface area contributed by atoms with Crippen LogP contribution in [0.2, 0.25) is 0 Å². The van der Waals surface area contributed by atoms with Gasteiger partial charge in [0.2, 0.25) is 0 Å². The van der Waals surface area contributed by atoms with Crippen LogP contribution in [-0.4, -0.2) is 19.5 Å². The summed E-state index contributed by atoms with van der Waals surface area (Å²) < 4.78 is 47.1. The Bertz CT molecular complexity index is 3500. The van der Waals surface area contributed by atoms with E-state index in [4.69, 9.17) is 21.8 Å². The van der Waals surface area contributed by atoms with Gasteiger partial charge < -0.3 is 4.57 Å². The van der Waals surface area contributed by atoms with Gasteiger partial charge in [0.15, 0.2) is 17.5 Å². The molecule has 4 nitrogen and oxygen atoms in total. The quantitative estimate of drug-likeness (QED) is 0.171. The van der Waals surface area contributed by atoms with Crippen LogP contribution in [0.15, 0.2) is 194 Å². The predicted molar refractivity (Wildman–Crippen MR) is 234 cm³/mol. The van der Waals surface area contributed by atoms with Crippen LogP contribution in [-0.2, 0) is 0 Å². The molecule has 56 heavy (non-hydrogen) atoms. The Balaban J connectivity index is 1.12. The van der Waals surface area contributed by atoms with Gasteiger partial charge in [-0.2, -0.15) is 0 Å². The Labute approximate surface area is 334 Å². The zero-order chi connectivity index (χ0) is 41.4. The number of thiophene rings is 1. The third kappa shape index (κ3) is 5.48. The molecule has 0 saturated heterocycles. The lowest BCUT2D eigenvalue weighted by molar-refractivity contribution is 1.07. The second-order valence-corrected chi connectivity index (χ2v) is 14.7. The molecule has 0 unspecified atom stereocenters. The summed E-state index contributed by atoms with van der Waals surface area (Å²) in [6.45, 7) is 0. The van der Waals surface area contributed by atoms with Gasteiger partial charge in [-0.3, -0.25) is 0 Å². The third-order valence-electron chi connectivity index (χ3n) is 10.3. The fourth-order valence-electron chi connectivity index (χ4n) is 7.70. The number of hydrogen-bond acceptors (Lipinski definition) is 4. The lowest BCUT2D eigenvalue weighted by Crippen LogP contribution is -2.00. The van der Waals surface area contributed by atoms with Crippen LogP contribution in [0.5, 0.6) is 0 Å². The summed E-state index contributed by atoms with van der Waals surface area (Å²) in [5.74, 6) is 1.61. The predicted octanol–water partition coefficient (Wildman–Crippen LogP) is 13.7. The third-order valence-corrected chi connectivity index (χ3v) is 11.5. The average Bonchev–Trinajstić information content (AvgIpc) is 3.86. The van der Waals surface area contributed by atoms with Crippen molar-refractivity contribution in [2.45, 2.75) is 0 Å². The number of hydrogen-bond donors (Lipinski definition) is 0. The molecule has 0 aliphatic heterocycles. The van der Waals surface area contributed by atoms with E-state index < -0.39 is 6.04 Å². The Morgan fingerprint density at radius 1 is 0.411 bits per heavy atom. The summed E-state index contributed by atoms with van der Waals surface area (Å²) in [7, 11) is 0. The van der Waals surface area contributed by atoms with Gasteiger partial charge >= 0.3 is 0 Å². The molecule has 0 aliphatic rings. The molecular formula is C51H32N4S. The van der Waals surface area contributed by atoms with E-state index in [2.05, 4.69) is 89.5 Å². The summed E-state index contributed by atoms with van der Waals surface area (Å²) in [5, 5.41) is 4.20. The van der Waals surface area contributed by atoms with Crippen LogP contribution in [0, 0.1) is 0 Å². The number of rotatable bonds is 6. The van der Waals surface area contributed by atoms with Crippen LogP contribution in [0.4, 0.5) is 0 Å². The number of para-hydroxylation sites is 2. The summed E-state index contributed by atoms with van der Waals surface area (Å²) >= 11 is 1.52. The lowest BCUT2D eigenvalue weighted by Gasteiger charge is -2.10. The Kier molecular flexibility index (Phi) is 6.49. The van der Waals surface area contributed by atoms with E-state index in [0.29, 0.717) is 23.0 Å². The van der Waals surface area contributed by atoms with Gasteiger partial charge in [0.1, 0.15) is 0 Å². The van der Waals surface area contributed by atoms with E-state index in [1.54, 1.807) is 0 Å². The normalized spacial score (nSPS) is 12.8. The minimum absolute atomic E-state index is 0.179. The van der Waals surface area contributed by atoms with Gasteiger partial charge in [0.25, 0.3) is 0 Å². The highest BCUT2D eigenvalue weighted by molar-refractivity contribution is 7.26. The monoisotopic (exact) mass is 737 g/mol. The fraction of sp³-hybridized carbons (Fsp3) is 0. The Hall–Kier alpha value is -7.21. The Morgan fingerprint density at radius 2 is 1.00 bits per heavy atom. The second-order valence-electron chi connectivity index (χ2n) is 13.7. The second kappa shape index (κ2) is 13.3. The molecule has 8 aromatic carbocycles. The van der Waals surface area contributed by atoms with Crippen molar-refractivity contribution >= 4 is 53.3 Å². The maximum Gasteiger partial charge on any atom is 0.164 e. The van der Waals surface area contributed by atoms with Crippen molar-refractivity contribution in [1.82, 2.24) is 19.5 Å². The summed E-state index contributed by atoms with van der Waals surface area (Å²) in [6, 6.07) is 53.7. The number of aromatic nitrogens is 4. The highest BCUT2D eigenvalue weighted by Crippen LogP contribution is 2.44. The first kappa shape index (κ1) is 27.4. The molecule has 0 fully saturated rings. The van der Waals surface area contributed by atoms with E-state index in [-0.39, 0.29) is 29.7 Å². The molecule has 3 heterocycles. The molecule has 0 bridgehead atoms. The standard InChI is InChI=1S/C51H32N4S/c1-5-15-33(16-6-1)38-29-43(34-17-7-2-8-18-34)48-44(30-38)42-28-26-37(32-47(42)56-48)51-53-49(35-19-9-3-10-20-35)52-50(54-51)36-25-27-41-40-23-13-14-24-45(40)55(46(41)31-36)39-21-11-4-12-22-39/h1-32H/i2D,7D,8D,17D,18D. The smallest absolute Gasteiger partial charge is 0.164 e. The van der Waals surface area contributed by atoms with E-state index >= 15 is 0 Å². The fourth-order valence-corrected chi connectivity index (χ4v) is 8.94. The lowest BCUT2D eigenvalue weighted by atomic mass is 9.96. The van der Waals surface area contributed by atoms with Crippen molar-refractivity contribution < 1.29 is 6.85 Å². The molecule has 0 aliphatic carbocycles. The average molecular weight is 738 g/mol. The summed E-state index contributed by atoms with van der Waals surface area (Å²) in [6.07, 6.45) is 0. The zero-order valence-electron chi connectivity index (χ0n) is 34.8. The molecule has 262 valence electrons. The minimum Gasteiger partial charge on any atom is -0.309 e. The van der Waals surface area contributed by atoms with Crippen molar-refractivity contribution in [2.24, 2.45) is 0 Å². The molecule has 0 saturated carbocycles. The molecule has 11 rings (SSSR count). The largest absolute Gasteiger partial charge is 0.309 e. The Morgan fingerprint density at radius 3 is 1.73 bits per heavy atom. The number of nitrogens with zero attached hydrogens (tertiary/aromatic N) is 4. The van der Waals surface area contributed by atoms with Crippen LogP contribution in [0.3, 0.4) is 0 Å². The van der Waals surface area contributed by atoms with Crippen molar-refractivity contribution in [3.05, 3.63) is 194 Å². The van der Waals surface area contributed by atoms with E-state index in [9.17, 15) is 0 Å². The van der Waals surface area contributed by atoms with Crippen molar-refractivity contribution in [2.75, 3.05) is 0 Å². The molecule has 5 heteroatoms. The first-order chi connectivity index (χ1) is 29.8. The maximum absolute atomic E-state index is 8.92. The van der Waals surface area contributed by atoms with Gasteiger partial charge in [0, 0.05) is 58.9 Å². The SMILES string of the molecule is [2H]c1c([2H])c([2H])c(-c2cc(-c3ccccc3)cc3c2sc2cc(-c4nc(-c5ccccc5)nc(-c5ccc6c7ccccc7n(-c7ccccc7)c6c5)n4)ccc23)c([2H])c1[2H]. The molecule has 0 atom stereocenters. The van der Waals surface area contributed by atoms with Crippen LogP contribution in [0.25, 0.3) is 104 Å². The van der Waals surface area contributed by atoms with Crippen molar-refractivity contribution in [1.29, 1.82) is 0 Å². The molecule has 0 radical (unpaired) electrons.